The Balaban J connectivity index is 1.64. The summed E-state index contributed by atoms with van der Waals surface area (Å²) in [6.07, 6.45) is 4.04. The zero-order chi connectivity index (χ0) is 18.5. The van der Waals surface area contributed by atoms with Gasteiger partial charge in [-0.05, 0) is 12.1 Å². The van der Waals surface area contributed by atoms with Gasteiger partial charge in [-0.15, -0.1) is 11.3 Å². The van der Waals surface area contributed by atoms with Crippen molar-refractivity contribution in [3.63, 3.8) is 0 Å². The lowest BCUT2D eigenvalue weighted by Gasteiger charge is -2.33. The summed E-state index contributed by atoms with van der Waals surface area (Å²) in [6.45, 7) is 0.555. The van der Waals surface area contributed by atoms with E-state index in [0.29, 0.717) is 18.5 Å². The van der Waals surface area contributed by atoms with Crippen molar-refractivity contribution in [1.82, 2.24) is 29.6 Å². The number of nitrogens with zero attached hydrogens (tertiary/aromatic N) is 5. The molecule has 0 aliphatic carbocycles. The molecule has 0 unspecified atom stereocenters. The molecule has 0 saturated carbocycles. The van der Waals surface area contributed by atoms with E-state index in [1.165, 1.54) is 0 Å². The van der Waals surface area contributed by atoms with Crippen LogP contribution in [0.4, 0.5) is 0 Å². The van der Waals surface area contributed by atoms with Crippen LogP contribution in [0.3, 0.4) is 0 Å². The number of aryl methyl sites for hydroxylation is 1. The second-order valence-corrected chi connectivity index (χ2v) is 7.86. The molecule has 0 saturated heterocycles. The fourth-order valence-electron chi connectivity index (χ4n) is 3.51. The number of nitrogens with one attached hydrogen (secondary N) is 1. The molecule has 1 N–H and O–H groups in total. The Kier molecular flexibility index (Phi) is 3.76. The Morgan fingerprint density at radius 2 is 2.22 bits per heavy atom. The molecule has 1 aliphatic heterocycles. The number of halogens is 1. The second-order valence-electron chi connectivity index (χ2n) is 6.44. The standard InChI is InChI=1S/C18H15ClN6OS/c1-24-8-10(16(19)23-24)18(26)25-7-6-12-14(21-9-20-12)15(25)17-22-11-4-2-3-5-13(11)27-17/h2-5,8-9,15H,6-7H2,1H3,(H,20,21)/t15-/m0/s1. The van der Waals surface area contributed by atoms with E-state index in [1.807, 2.05) is 24.3 Å². The Morgan fingerprint density at radius 1 is 1.37 bits per heavy atom. The molecule has 1 aromatic carbocycles. The number of rotatable bonds is 2. The van der Waals surface area contributed by atoms with Gasteiger partial charge in [0.15, 0.2) is 5.15 Å². The average Bonchev–Trinajstić information content (AvgIpc) is 3.37. The van der Waals surface area contributed by atoms with Gasteiger partial charge in [0, 0.05) is 31.9 Å². The molecule has 7 nitrogen and oxygen atoms in total. The van der Waals surface area contributed by atoms with E-state index in [0.717, 1.165) is 26.6 Å². The largest absolute Gasteiger partial charge is 0.348 e. The van der Waals surface area contributed by atoms with Crippen LogP contribution in [-0.4, -0.2) is 42.1 Å². The second kappa shape index (κ2) is 6.17. The van der Waals surface area contributed by atoms with Gasteiger partial charge < -0.3 is 9.88 Å². The van der Waals surface area contributed by atoms with Crippen molar-refractivity contribution < 1.29 is 4.79 Å². The van der Waals surface area contributed by atoms with Gasteiger partial charge in [-0.25, -0.2) is 9.97 Å². The summed E-state index contributed by atoms with van der Waals surface area (Å²) < 4.78 is 2.63. The highest BCUT2D eigenvalue weighted by atomic mass is 35.5. The molecule has 27 heavy (non-hydrogen) atoms. The van der Waals surface area contributed by atoms with Crippen LogP contribution in [0.25, 0.3) is 10.2 Å². The summed E-state index contributed by atoms with van der Waals surface area (Å²) in [4.78, 5) is 27.6. The van der Waals surface area contributed by atoms with Crippen molar-refractivity contribution in [3.05, 3.63) is 63.9 Å². The number of imidazole rings is 1. The number of fused-ring (bicyclic) bond motifs is 2. The molecule has 0 bridgehead atoms. The van der Waals surface area contributed by atoms with Crippen LogP contribution in [0.5, 0.6) is 0 Å². The summed E-state index contributed by atoms with van der Waals surface area (Å²) in [7, 11) is 1.75. The number of para-hydroxylation sites is 1. The van der Waals surface area contributed by atoms with Gasteiger partial charge >= 0.3 is 0 Å². The molecule has 0 radical (unpaired) electrons. The Labute approximate surface area is 163 Å². The van der Waals surface area contributed by atoms with Gasteiger partial charge in [0.05, 0.1) is 27.8 Å². The zero-order valence-electron chi connectivity index (χ0n) is 14.4. The fourth-order valence-corrected chi connectivity index (χ4v) is 4.85. The molecule has 136 valence electrons. The van der Waals surface area contributed by atoms with E-state index in [4.69, 9.17) is 16.6 Å². The number of aromatic amines is 1. The minimum Gasteiger partial charge on any atom is -0.348 e. The Hall–Kier alpha value is -2.71. The maximum absolute atomic E-state index is 13.3. The monoisotopic (exact) mass is 398 g/mol. The van der Waals surface area contributed by atoms with Crippen molar-refractivity contribution in [1.29, 1.82) is 0 Å². The maximum atomic E-state index is 13.3. The summed E-state index contributed by atoms with van der Waals surface area (Å²) in [6, 6.07) is 7.62. The first-order valence-corrected chi connectivity index (χ1v) is 9.69. The highest BCUT2D eigenvalue weighted by molar-refractivity contribution is 7.18. The number of carbonyl (C=O) groups excluding carboxylic acids is 1. The lowest BCUT2D eigenvalue weighted by atomic mass is 10.0. The minimum absolute atomic E-state index is 0.161. The van der Waals surface area contributed by atoms with Gasteiger partial charge in [-0.1, -0.05) is 23.7 Å². The number of amides is 1. The third kappa shape index (κ3) is 2.64. The molecule has 1 atom stereocenters. The van der Waals surface area contributed by atoms with Crippen LogP contribution < -0.4 is 0 Å². The van der Waals surface area contributed by atoms with Crippen molar-refractivity contribution in [2.24, 2.45) is 7.05 Å². The van der Waals surface area contributed by atoms with E-state index in [-0.39, 0.29) is 17.1 Å². The highest BCUT2D eigenvalue weighted by Gasteiger charge is 2.37. The van der Waals surface area contributed by atoms with E-state index in [9.17, 15) is 4.79 Å². The average molecular weight is 399 g/mol. The number of aromatic nitrogens is 5. The molecule has 1 amide bonds. The maximum Gasteiger partial charge on any atom is 0.259 e. The quantitative estimate of drug-likeness (QED) is 0.562. The van der Waals surface area contributed by atoms with Crippen LogP contribution in [0, 0.1) is 0 Å². The number of hydrogen-bond donors (Lipinski definition) is 1. The third-order valence-corrected chi connectivity index (χ3v) is 6.11. The zero-order valence-corrected chi connectivity index (χ0v) is 16.0. The predicted molar refractivity (Wildman–Crippen MR) is 103 cm³/mol. The van der Waals surface area contributed by atoms with Gasteiger partial charge in [-0.3, -0.25) is 9.48 Å². The van der Waals surface area contributed by atoms with Crippen molar-refractivity contribution in [2.75, 3.05) is 6.54 Å². The van der Waals surface area contributed by atoms with E-state index in [2.05, 4.69) is 15.1 Å². The molecule has 0 fully saturated rings. The Morgan fingerprint density at radius 3 is 3.00 bits per heavy atom. The summed E-state index contributed by atoms with van der Waals surface area (Å²) in [5, 5.41) is 5.15. The Bertz CT molecular complexity index is 1130. The van der Waals surface area contributed by atoms with Gasteiger partial charge in [0.25, 0.3) is 5.91 Å². The number of carbonyl (C=O) groups is 1. The topological polar surface area (TPSA) is 79.7 Å². The van der Waals surface area contributed by atoms with Crippen LogP contribution in [0.15, 0.2) is 36.8 Å². The fraction of sp³-hybridized carbons (Fsp3) is 0.222. The van der Waals surface area contributed by atoms with E-state index >= 15 is 0 Å². The van der Waals surface area contributed by atoms with Crippen molar-refractivity contribution in [3.8, 4) is 0 Å². The first-order valence-electron chi connectivity index (χ1n) is 8.49. The highest BCUT2D eigenvalue weighted by Crippen LogP contribution is 2.38. The van der Waals surface area contributed by atoms with Crippen LogP contribution in [0.2, 0.25) is 5.15 Å². The van der Waals surface area contributed by atoms with E-state index in [1.54, 1.807) is 40.5 Å². The van der Waals surface area contributed by atoms with Crippen molar-refractivity contribution >= 4 is 39.1 Å². The van der Waals surface area contributed by atoms with Crippen molar-refractivity contribution in [2.45, 2.75) is 12.5 Å². The molecule has 3 aromatic heterocycles. The molecule has 1 aliphatic rings. The lowest BCUT2D eigenvalue weighted by molar-refractivity contribution is 0.0690. The first-order chi connectivity index (χ1) is 13.1. The smallest absolute Gasteiger partial charge is 0.259 e. The molecule has 4 aromatic rings. The number of benzene rings is 1. The van der Waals surface area contributed by atoms with Crippen LogP contribution in [0.1, 0.15) is 32.8 Å². The summed E-state index contributed by atoms with van der Waals surface area (Å²) in [5.41, 5.74) is 3.20. The third-order valence-electron chi connectivity index (χ3n) is 4.74. The molecule has 0 spiro atoms. The number of thiazole rings is 1. The minimum atomic E-state index is -0.346. The molecule has 5 rings (SSSR count). The molecule has 4 heterocycles. The predicted octanol–water partition coefficient (Wildman–Crippen LogP) is 3.19. The first kappa shape index (κ1) is 16.5. The normalized spacial score (nSPS) is 16.7. The number of hydrogen-bond acceptors (Lipinski definition) is 5. The van der Waals surface area contributed by atoms with Gasteiger partial charge in [0.1, 0.15) is 11.0 Å². The van der Waals surface area contributed by atoms with Crippen LogP contribution in [-0.2, 0) is 13.5 Å². The SMILES string of the molecule is Cn1cc(C(=O)N2CCc3[nH]cnc3[C@H]2c2nc3ccccc3s2)c(Cl)n1. The van der Waals surface area contributed by atoms with Gasteiger partial charge in [-0.2, -0.15) is 5.10 Å². The number of H-pyrrole nitrogens is 1. The molecule has 9 heteroatoms. The van der Waals surface area contributed by atoms with E-state index < -0.39 is 0 Å². The molecular weight excluding hydrogens is 384 g/mol. The lowest BCUT2D eigenvalue weighted by Crippen LogP contribution is -2.40. The van der Waals surface area contributed by atoms with Crippen LogP contribution >= 0.6 is 22.9 Å². The van der Waals surface area contributed by atoms with Gasteiger partial charge in [0.2, 0.25) is 0 Å². The molecular formula is C18H15ClN6OS. The summed E-state index contributed by atoms with van der Waals surface area (Å²) in [5.74, 6) is -0.161. The summed E-state index contributed by atoms with van der Waals surface area (Å²) >= 11 is 7.77.